The highest BCUT2D eigenvalue weighted by atomic mass is 35.5. The molecule has 0 fully saturated rings. The first kappa shape index (κ1) is 11.6. The van der Waals surface area contributed by atoms with Gasteiger partial charge in [-0.3, -0.25) is 0 Å². The summed E-state index contributed by atoms with van der Waals surface area (Å²) in [6, 6.07) is 4.57. The van der Waals surface area contributed by atoms with Gasteiger partial charge in [0.05, 0.1) is 12.2 Å². The van der Waals surface area contributed by atoms with Crippen molar-refractivity contribution in [1.82, 2.24) is 0 Å². The van der Waals surface area contributed by atoms with Gasteiger partial charge >= 0.3 is 5.97 Å². The molecule has 4 heteroatoms. The summed E-state index contributed by atoms with van der Waals surface area (Å²) in [6.07, 6.45) is 0. The van der Waals surface area contributed by atoms with E-state index in [-0.39, 0.29) is 5.56 Å². The molecule has 3 nitrogen and oxygen atoms in total. The zero-order chi connectivity index (χ0) is 11.4. The monoisotopic (exact) mass is 226 g/mol. The number of hydrogen-bond donors (Lipinski definition) is 1. The van der Waals surface area contributed by atoms with Crippen LogP contribution in [0.2, 0.25) is 5.02 Å². The third kappa shape index (κ3) is 2.73. The summed E-state index contributed by atoms with van der Waals surface area (Å²) in [5.41, 5.74) is 0.551. The Morgan fingerprint density at radius 1 is 1.53 bits per heavy atom. The Morgan fingerprint density at radius 2 is 2.20 bits per heavy atom. The summed E-state index contributed by atoms with van der Waals surface area (Å²) in [7, 11) is 0. The van der Waals surface area contributed by atoms with Crippen molar-refractivity contribution in [3.8, 4) is 0 Å². The Hall–Kier alpha value is -1.48. The average molecular weight is 227 g/mol. The second-order valence-corrected chi connectivity index (χ2v) is 3.29. The summed E-state index contributed by atoms with van der Waals surface area (Å²) < 4.78 is 5.16. The smallest absolute Gasteiger partial charge is 0.336 e. The first-order valence-electron chi connectivity index (χ1n) is 4.41. The Kier molecular flexibility index (Phi) is 3.74. The quantitative estimate of drug-likeness (QED) is 0.803. The highest BCUT2D eigenvalue weighted by molar-refractivity contribution is 6.31. The van der Waals surface area contributed by atoms with E-state index in [1.54, 1.807) is 12.1 Å². The lowest BCUT2D eigenvalue weighted by molar-refractivity contribution is 0.0696. The zero-order valence-corrected chi connectivity index (χ0v) is 9.04. The maximum absolute atomic E-state index is 10.9. The van der Waals surface area contributed by atoms with Gasteiger partial charge in [0.1, 0.15) is 5.76 Å². The van der Waals surface area contributed by atoms with Crippen molar-refractivity contribution in [1.29, 1.82) is 0 Å². The Balaban J connectivity index is 3.17. The van der Waals surface area contributed by atoms with E-state index in [9.17, 15) is 4.79 Å². The number of carbonyl (C=O) groups is 1. The molecule has 0 aliphatic carbocycles. The minimum atomic E-state index is -1.05. The lowest BCUT2D eigenvalue weighted by atomic mass is 10.1. The van der Waals surface area contributed by atoms with Crippen LogP contribution in [0, 0.1) is 0 Å². The molecule has 1 aromatic rings. The molecule has 1 N–H and O–H groups in total. The molecule has 0 unspecified atom stereocenters. The van der Waals surface area contributed by atoms with E-state index < -0.39 is 5.97 Å². The van der Waals surface area contributed by atoms with Crippen LogP contribution < -0.4 is 0 Å². The zero-order valence-electron chi connectivity index (χ0n) is 8.29. The average Bonchev–Trinajstić information content (AvgIpc) is 2.17. The van der Waals surface area contributed by atoms with Crippen LogP contribution in [0.5, 0.6) is 0 Å². The number of hydrogen-bond acceptors (Lipinski definition) is 2. The van der Waals surface area contributed by atoms with Gasteiger partial charge in [-0.2, -0.15) is 0 Å². The van der Waals surface area contributed by atoms with Crippen molar-refractivity contribution >= 4 is 23.3 Å². The van der Waals surface area contributed by atoms with Crippen LogP contribution in [0.1, 0.15) is 22.8 Å². The fourth-order valence-electron chi connectivity index (χ4n) is 1.19. The maximum Gasteiger partial charge on any atom is 0.336 e. The van der Waals surface area contributed by atoms with Gasteiger partial charge in [0, 0.05) is 10.6 Å². The molecule has 0 aliphatic heterocycles. The van der Waals surface area contributed by atoms with E-state index in [4.69, 9.17) is 21.4 Å². The summed E-state index contributed by atoms with van der Waals surface area (Å²) in [5.74, 6) is -0.708. The van der Waals surface area contributed by atoms with Crippen LogP contribution in [0.15, 0.2) is 24.8 Å². The molecule has 0 spiro atoms. The van der Waals surface area contributed by atoms with Crippen molar-refractivity contribution in [2.45, 2.75) is 6.92 Å². The van der Waals surface area contributed by atoms with Crippen LogP contribution >= 0.6 is 11.6 Å². The van der Waals surface area contributed by atoms with Gasteiger partial charge in [0.2, 0.25) is 0 Å². The third-order valence-electron chi connectivity index (χ3n) is 1.83. The lowest BCUT2D eigenvalue weighted by Gasteiger charge is -2.09. The van der Waals surface area contributed by atoms with Gasteiger partial charge in [-0.25, -0.2) is 4.79 Å². The largest absolute Gasteiger partial charge is 0.494 e. The molecule has 0 saturated carbocycles. The molecule has 0 saturated heterocycles. The van der Waals surface area contributed by atoms with Crippen molar-refractivity contribution in [2.75, 3.05) is 6.61 Å². The number of ether oxygens (including phenoxy) is 1. The van der Waals surface area contributed by atoms with E-state index in [0.29, 0.717) is 23.0 Å². The van der Waals surface area contributed by atoms with Crippen LogP contribution in [-0.4, -0.2) is 17.7 Å². The molecule has 0 heterocycles. The van der Waals surface area contributed by atoms with E-state index in [1.807, 2.05) is 6.92 Å². The van der Waals surface area contributed by atoms with Gasteiger partial charge in [-0.05, 0) is 25.1 Å². The van der Waals surface area contributed by atoms with E-state index in [2.05, 4.69) is 6.58 Å². The topological polar surface area (TPSA) is 46.5 Å². The van der Waals surface area contributed by atoms with Gasteiger partial charge in [0.15, 0.2) is 0 Å². The molecular formula is C11H11ClO3. The van der Waals surface area contributed by atoms with Crippen molar-refractivity contribution in [3.63, 3.8) is 0 Å². The molecule has 0 aromatic heterocycles. The molecule has 1 rings (SSSR count). The fourth-order valence-corrected chi connectivity index (χ4v) is 1.36. The molecule has 0 aliphatic rings. The highest BCUT2D eigenvalue weighted by Crippen LogP contribution is 2.22. The Labute approximate surface area is 92.9 Å². The SMILES string of the molecule is C=C(OCC)c1ccc(Cl)cc1C(=O)O. The number of aromatic carboxylic acids is 1. The van der Waals surface area contributed by atoms with E-state index >= 15 is 0 Å². The van der Waals surface area contributed by atoms with Gasteiger partial charge in [0.25, 0.3) is 0 Å². The summed E-state index contributed by atoms with van der Waals surface area (Å²) in [6.45, 7) is 5.91. The molecule has 0 amide bonds. The second-order valence-electron chi connectivity index (χ2n) is 2.85. The van der Waals surface area contributed by atoms with Gasteiger partial charge < -0.3 is 9.84 Å². The summed E-state index contributed by atoms with van der Waals surface area (Å²) in [5, 5.41) is 9.33. The van der Waals surface area contributed by atoms with Crippen LogP contribution in [0.25, 0.3) is 5.76 Å². The molecule has 80 valence electrons. The predicted molar refractivity (Wildman–Crippen MR) is 59.1 cm³/mol. The van der Waals surface area contributed by atoms with Gasteiger partial charge in [-0.1, -0.05) is 18.2 Å². The number of benzene rings is 1. The molecule has 15 heavy (non-hydrogen) atoms. The summed E-state index contributed by atoms with van der Waals surface area (Å²) in [4.78, 5) is 10.9. The van der Waals surface area contributed by atoms with E-state index in [0.717, 1.165) is 0 Å². The maximum atomic E-state index is 10.9. The minimum Gasteiger partial charge on any atom is -0.494 e. The normalized spacial score (nSPS) is 9.73. The van der Waals surface area contributed by atoms with Crippen LogP contribution in [0.3, 0.4) is 0 Å². The Bertz CT molecular complexity index is 399. The fraction of sp³-hybridized carbons (Fsp3) is 0.182. The van der Waals surface area contributed by atoms with E-state index in [1.165, 1.54) is 6.07 Å². The molecular weight excluding hydrogens is 216 g/mol. The lowest BCUT2D eigenvalue weighted by Crippen LogP contribution is -2.03. The summed E-state index contributed by atoms with van der Waals surface area (Å²) >= 11 is 5.71. The van der Waals surface area contributed by atoms with Crippen molar-refractivity contribution in [2.24, 2.45) is 0 Å². The van der Waals surface area contributed by atoms with Crippen LogP contribution in [0.4, 0.5) is 0 Å². The minimum absolute atomic E-state index is 0.0981. The second kappa shape index (κ2) is 4.84. The molecule has 0 bridgehead atoms. The number of rotatable bonds is 4. The predicted octanol–water partition coefficient (Wildman–Crippen LogP) is 3.05. The molecule has 0 atom stereocenters. The molecule has 0 radical (unpaired) electrons. The first-order valence-corrected chi connectivity index (χ1v) is 4.79. The van der Waals surface area contributed by atoms with Crippen LogP contribution in [-0.2, 0) is 4.74 Å². The third-order valence-corrected chi connectivity index (χ3v) is 2.07. The van der Waals surface area contributed by atoms with Gasteiger partial charge in [-0.15, -0.1) is 0 Å². The Morgan fingerprint density at radius 3 is 2.73 bits per heavy atom. The number of carboxylic acid groups (broad SMARTS) is 1. The van der Waals surface area contributed by atoms with Crippen molar-refractivity contribution < 1.29 is 14.6 Å². The number of halogens is 1. The van der Waals surface area contributed by atoms with Crippen molar-refractivity contribution in [3.05, 3.63) is 40.9 Å². The first-order chi connectivity index (χ1) is 7.06. The standard InChI is InChI=1S/C11H11ClO3/c1-3-15-7(2)9-5-4-8(12)6-10(9)11(13)14/h4-6H,2-3H2,1H3,(H,13,14). The highest BCUT2D eigenvalue weighted by Gasteiger charge is 2.13. The molecule has 1 aromatic carbocycles. The number of carboxylic acids is 1.